The first kappa shape index (κ1) is 16.1. The molecule has 0 saturated carbocycles. The van der Waals surface area contributed by atoms with Crippen LogP contribution in [-0.4, -0.2) is 0 Å². The highest BCUT2D eigenvalue weighted by molar-refractivity contribution is 5.68. The maximum absolute atomic E-state index is 2.45. The third-order valence-corrected chi connectivity index (χ3v) is 5.68. The Bertz CT molecular complexity index is 824. The molecule has 2 unspecified atom stereocenters. The van der Waals surface area contributed by atoms with E-state index in [1.807, 2.05) is 0 Å². The van der Waals surface area contributed by atoms with E-state index >= 15 is 0 Å². The summed E-state index contributed by atoms with van der Waals surface area (Å²) in [5.74, 6) is 1.39. The van der Waals surface area contributed by atoms with Crippen LogP contribution in [0.1, 0.15) is 53.0 Å². The Balaban J connectivity index is 1.84. The molecule has 0 heterocycles. The van der Waals surface area contributed by atoms with Crippen molar-refractivity contribution in [3.63, 3.8) is 0 Å². The molecule has 0 nitrogen and oxygen atoms in total. The molecule has 4 rings (SSSR count). The topological polar surface area (TPSA) is 0 Å². The number of hydrogen-bond donors (Lipinski definition) is 0. The van der Waals surface area contributed by atoms with Crippen molar-refractivity contribution in [2.75, 3.05) is 0 Å². The lowest BCUT2D eigenvalue weighted by atomic mass is 9.73. The number of allylic oxidation sites excluding steroid dienone is 5. The van der Waals surface area contributed by atoms with Crippen LogP contribution in [0.4, 0.5) is 0 Å². The average Bonchev–Trinajstić information content (AvgIpc) is 3.30. The molecule has 0 aromatic heterocycles. The fourth-order valence-electron chi connectivity index (χ4n) is 4.52. The van der Waals surface area contributed by atoms with E-state index in [1.54, 1.807) is 5.56 Å². The van der Waals surface area contributed by atoms with E-state index in [2.05, 4.69) is 92.8 Å². The second-order valence-electron chi connectivity index (χ2n) is 7.29. The number of fused-ring (bicyclic) bond motifs is 1. The minimum Gasteiger partial charge on any atom is -0.0770 e. The van der Waals surface area contributed by atoms with Crippen molar-refractivity contribution in [3.05, 3.63) is 101 Å². The van der Waals surface area contributed by atoms with E-state index in [-0.39, 0.29) is 0 Å². The molecule has 0 amide bonds. The van der Waals surface area contributed by atoms with Gasteiger partial charge in [0.25, 0.3) is 0 Å². The molecule has 2 aromatic carbocycles. The molecule has 0 fully saturated rings. The van der Waals surface area contributed by atoms with Crippen molar-refractivity contribution in [2.24, 2.45) is 5.92 Å². The zero-order valence-electron chi connectivity index (χ0n) is 15.2. The quantitative estimate of drug-likeness (QED) is 0.582. The van der Waals surface area contributed by atoms with Crippen LogP contribution in [0, 0.1) is 12.8 Å². The summed E-state index contributed by atoms with van der Waals surface area (Å²) < 4.78 is 0. The average molecular weight is 326 g/mol. The van der Waals surface area contributed by atoms with Gasteiger partial charge >= 0.3 is 0 Å². The second-order valence-corrected chi connectivity index (χ2v) is 7.29. The highest BCUT2D eigenvalue weighted by atomic mass is 14.4. The molecule has 0 bridgehead atoms. The van der Waals surface area contributed by atoms with Crippen LogP contribution >= 0.6 is 0 Å². The molecule has 0 saturated heterocycles. The van der Waals surface area contributed by atoms with Crippen molar-refractivity contribution in [2.45, 2.75) is 38.5 Å². The molecule has 2 atom stereocenters. The van der Waals surface area contributed by atoms with E-state index in [1.165, 1.54) is 35.1 Å². The number of aryl methyl sites for hydroxylation is 2. The Labute approximate surface area is 151 Å². The third kappa shape index (κ3) is 2.91. The summed E-state index contributed by atoms with van der Waals surface area (Å²) in [6.45, 7) is 4.52. The lowest BCUT2D eigenvalue weighted by Crippen LogP contribution is -2.17. The van der Waals surface area contributed by atoms with Crippen LogP contribution in [0.3, 0.4) is 0 Å². The monoisotopic (exact) mass is 326 g/mol. The van der Waals surface area contributed by atoms with Gasteiger partial charge < -0.3 is 0 Å². The van der Waals surface area contributed by atoms with Gasteiger partial charge in [0.1, 0.15) is 0 Å². The highest BCUT2D eigenvalue weighted by Crippen LogP contribution is 2.48. The van der Waals surface area contributed by atoms with Gasteiger partial charge in [0.2, 0.25) is 0 Å². The third-order valence-electron chi connectivity index (χ3n) is 5.68. The first-order valence-electron chi connectivity index (χ1n) is 9.50. The summed E-state index contributed by atoms with van der Waals surface area (Å²) >= 11 is 0. The molecule has 2 aliphatic rings. The van der Waals surface area contributed by atoms with Gasteiger partial charge in [-0.25, -0.2) is 0 Å². The van der Waals surface area contributed by atoms with Crippen LogP contribution in [0.15, 0.2) is 72.8 Å². The predicted molar refractivity (Wildman–Crippen MR) is 108 cm³/mol. The van der Waals surface area contributed by atoms with E-state index in [4.69, 9.17) is 0 Å². The normalized spacial score (nSPS) is 19.5. The summed E-state index contributed by atoms with van der Waals surface area (Å²) in [4.78, 5) is 0. The first-order valence-corrected chi connectivity index (χ1v) is 9.50. The van der Waals surface area contributed by atoms with Gasteiger partial charge in [-0.3, -0.25) is 0 Å². The molecule has 0 heteroatoms. The molecule has 25 heavy (non-hydrogen) atoms. The summed E-state index contributed by atoms with van der Waals surface area (Å²) in [7, 11) is 0. The summed E-state index contributed by atoms with van der Waals surface area (Å²) in [6.07, 6.45) is 16.3. The number of benzene rings is 2. The van der Waals surface area contributed by atoms with Crippen molar-refractivity contribution >= 4 is 6.08 Å². The van der Waals surface area contributed by atoms with Gasteiger partial charge in [-0.1, -0.05) is 92.3 Å². The van der Waals surface area contributed by atoms with Gasteiger partial charge in [-0.2, -0.15) is 0 Å². The van der Waals surface area contributed by atoms with Crippen LogP contribution < -0.4 is 0 Å². The van der Waals surface area contributed by atoms with Crippen molar-refractivity contribution in [1.82, 2.24) is 0 Å². The van der Waals surface area contributed by atoms with Gasteiger partial charge in [0, 0.05) is 17.8 Å². The van der Waals surface area contributed by atoms with Crippen molar-refractivity contribution in [1.29, 1.82) is 0 Å². The molecule has 126 valence electrons. The lowest BCUT2D eigenvalue weighted by molar-refractivity contribution is 0.545. The van der Waals surface area contributed by atoms with Gasteiger partial charge in [0.05, 0.1) is 0 Å². The molecular formula is C25H26. The van der Waals surface area contributed by atoms with Gasteiger partial charge in [-0.05, 0) is 41.2 Å². The Morgan fingerprint density at radius 2 is 1.68 bits per heavy atom. The van der Waals surface area contributed by atoms with E-state index in [0.29, 0.717) is 17.8 Å². The summed E-state index contributed by atoms with van der Waals surface area (Å²) in [5.41, 5.74) is 7.41. The standard InChI is InChI=1S/C25H26/c1-3-9-19-15-14-18(2)22-16-17-23(25(19)22)24(21-12-7-8-13-21)20-10-5-4-6-11-20/h4-8,10-17,21,23-24H,3,9H2,1-2H3. The fraction of sp³-hybridized carbons (Fsp3) is 0.280. The maximum Gasteiger partial charge on any atom is 0.0107 e. The zero-order valence-corrected chi connectivity index (χ0v) is 15.2. The number of hydrogen-bond acceptors (Lipinski definition) is 0. The van der Waals surface area contributed by atoms with Crippen LogP contribution in [-0.2, 0) is 6.42 Å². The van der Waals surface area contributed by atoms with E-state index < -0.39 is 0 Å². The molecule has 0 spiro atoms. The highest BCUT2D eigenvalue weighted by Gasteiger charge is 2.33. The largest absolute Gasteiger partial charge is 0.0770 e. The van der Waals surface area contributed by atoms with Crippen LogP contribution in [0.5, 0.6) is 0 Å². The Hall–Kier alpha value is -2.34. The molecule has 0 radical (unpaired) electrons. The van der Waals surface area contributed by atoms with Crippen molar-refractivity contribution in [3.8, 4) is 0 Å². The first-order chi connectivity index (χ1) is 12.3. The van der Waals surface area contributed by atoms with Crippen molar-refractivity contribution < 1.29 is 0 Å². The Morgan fingerprint density at radius 3 is 2.40 bits per heavy atom. The number of rotatable bonds is 5. The summed E-state index contributed by atoms with van der Waals surface area (Å²) in [5, 5.41) is 0. The smallest absolute Gasteiger partial charge is 0.0107 e. The molecule has 2 aliphatic carbocycles. The van der Waals surface area contributed by atoms with Crippen LogP contribution in [0.25, 0.3) is 6.08 Å². The SMILES string of the molecule is CCCc1ccc(C)c2c1C(C(c1ccccc1)C1C=CC=C1)C=C2. The zero-order chi connectivity index (χ0) is 17.2. The fourth-order valence-corrected chi connectivity index (χ4v) is 4.52. The van der Waals surface area contributed by atoms with E-state index in [9.17, 15) is 0 Å². The maximum atomic E-state index is 2.45. The molecular weight excluding hydrogens is 300 g/mol. The van der Waals surface area contributed by atoms with E-state index in [0.717, 1.165) is 0 Å². The van der Waals surface area contributed by atoms with Gasteiger partial charge in [0.15, 0.2) is 0 Å². The Morgan fingerprint density at radius 1 is 0.920 bits per heavy atom. The predicted octanol–water partition coefficient (Wildman–Crippen LogP) is 6.58. The minimum atomic E-state index is 0.455. The Kier molecular flexibility index (Phi) is 4.44. The second kappa shape index (κ2) is 6.88. The molecule has 0 N–H and O–H groups in total. The molecule has 2 aromatic rings. The molecule has 0 aliphatic heterocycles. The van der Waals surface area contributed by atoms with Gasteiger partial charge in [-0.15, -0.1) is 0 Å². The van der Waals surface area contributed by atoms with Crippen LogP contribution in [0.2, 0.25) is 0 Å². The minimum absolute atomic E-state index is 0.455. The lowest BCUT2D eigenvalue weighted by Gasteiger charge is -2.30. The summed E-state index contributed by atoms with van der Waals surface area (Å²) in [6, 6.07) is 15.7.